The first-order valence-electron chi connectivity index (χ1n) is 9.17. The van der Waals surface area contributed by atoms with E-state index < -0.39 is 0 Å². The molecule has 0 bridgehead atoms. The molecule has 1 N–H and O–H groups in total. The van der Waals surface area contributed by atoms with Crippen LogP contribution in [0.2, 0.25) is 0 Å². The lowest BCUT2D eigenvalue weighted by molar-refractivity contribution is 0.123. The molecular formula is C18H30N4O. The number of piperazine rings is 1. The van der Waals surface area contributed by atoms with Gasteiger partial charge >= 0.3 is 0 Å². The van der Waals surface area contributed by atoms with Gasteiger partial charge in [-0.05, 0) is 37.2 Å². The summed E-state index contributed by atoms with van der Waals surface area (Å²) < 4.78 is 0. The number of nitrogens with zero attached hydrogens (tertiary/aromatic N) is 3. The van der Waals surface area contributed by atoms with Crippen molar-refractivity contribution in [2.75, 3.05) is 39.3 Å². The fourth-order valence-electron chi connectivity index (χ4n) is 3.91. The van der Waals surface area contributed by atoms with Crippen molar-refractivity contribution in [2.45, 2.75) is 46.0 Å². The predicted molar refractivity (Wildman–Crippen MR) is 92.9 cm³/mol. The molecule has 0 unspecified atom stereocenters. The Morgan fingerprint density at radius 3 is 2.39 bits per heavy atom. The molecule has 3 rings (SSSR count). The van der Waals surface area contributed by atoms with Gasteiger partial charge in [-0.2, -0.15) is 5.10 Å². The molecule has 0 atom stereocenters. The molecule has 1 saturated heterocycles. The van der Waals surface area contributed by atoms with Gasteiger partial charge in [0.15, 0.2) is 0 Å². The minimum Gasteiger partial charge on any atom is -0.301 e. The van der Waals surface area contributed by atoms with E-state index in [0.717, 1.165) is 62.5 Å². The van der Waals surface area contributed by atoms with Crippen molar-refractivity contribution < 1.29 is 0 Å². The van der Waals surface area contributed by atoms with Crippen LogP contribution in [-0.4, -0.2) is 59.3 Å². The highest BCUT2D eigenvalue weighted by molar-refractivity contribution is 5.30. The lowest BCUT2D eigenvalue weighted by atomic mass is 9.91. The molecule has 5 nitrogen and oxygen atoms in total. The van der Waals surface area contributed by atoms with Crippen LogP contribution >= 0.6 is 0 Å². The summed E-state index contributed by atoms with van der Waals surface area (Å²) in [6, 6.07) is 0. The third-order valence-electron chi connectivity index (χ3n) is 5.14. The standard InChI is InChI=1S/C18H30N4O/c1-14(2)13-22-11-9-21(10-12-22)8-7-17-15-5-3-4-6-16(15)18(23)20-19-17/h14H,3-13H2,1-2H3,(H,20,23). The van der Waals surface area contributed by atoms with E-state index in [-0.39, 0.29) is 5.56 Å². The molecule has 0 spiro atoms. The summed E-state index contributed by atoms with van der Waals surface area (Å²) >= 11 is 0. The summed E-state index contributed by atoms with van der Waals surface area (Å²) in [6.45, 7) is 11.5. The third-order valence-corrected chi connectivity index (χ3v) is 5.14. The maximum Gasteiger partial charge on any atom is 0.267 e. The average molecular weight is 318 g/mol. The van der Waals surface area contributed by atoms with Crippen molar-refractivity contribution in [1.82, 2.24) is 20.0 Å². The van der Waals surface area contributed by atoms with Gasteiger partial charge in [-0.15, -0.1) is 0 Å². The van der Waals surface area contributed by atoms with Gasteiger partial charge in [0.05, 0.1) is 5.69 Å². The summed E-state index contributed by atoms with van der Waals surface area (Å²) in [7, 11) is 0. The molecule has 0 saturated carbocycles. The maximum atomic E-state index is 11.9. The Morgan fingerprint density at radius 2 is 1.70 bits per heavy atom. The molecule has 0 aromatic carbocycles. The highest BCUT2D eigenvalue weighted by Gasteiger charge is 2.20. The molecule has 0 radical (unpaired) electrons. The van der Waals surface area contributed by atoms with Crippen molar-refractivity contribution in [3.8, 4) is 0 Å². The summed E-state index contributed by atoms with van der Waals surface area (Å²) in [6.07, 6.45) is 5.25. The predicted octanol–water partition coefficient (Wildman–Crippen LogP) is 1.46. The van der Waals surface area contributed by atoms with Crippen molar-refractivity contribution in [1.29, 1.82) is 0 Å². The number of H-pyrrole nitrogens is 1. The number of hydrogen-bond acceptors (Lipinski definition) is 4. The number of rotatable bonds is 5. The molecule has 128 valence electrons. The molecule has 1 aliphatic heterocycles. The van der Waals surface area contributed by atoms with Crippen LogP contribution < -0.4 is 5.56 Å². The van der Waals surface area contributed by atoms with Gasteiger partial charge in [0.25, 0.3) is 5.56 Å². The highest BCUT2D eigenvalue weighted by atomic mass is 16.1. The first-order chi connectivity index (χ1) is 11.1. The van der Waals surface area contributed by atoms with Crippen LogP contribution in [0.1, 0.15) is 43.5 Å². The number of hydrogen-bond donors (Lipinski definition) is 1. The van der Waals surface area contributed by atoms with Crippen molar-refractivity contribution in [2.24, 2.45) is 5.92 Å². The molecule has 2 heterocycles. The topological polar surface area (TPSA) is 52.2 Å². The first-order valence-corrected chi connectivity index (χ1v) is 9.17. The van der Waals surface area contributed by atoms with Crippen molar-refractivity contribution in [3.63, 3.8) is 0 Å². The fraction of sp³-hybridized carbons (Fsp3) is 0.778. The summed E-state index contributed by atoms with van der Waals surface area (Å²) in [5.74, 6) is 0.749. The van der Waals surface area contributed by atoms with E-state index in [1.807, 2.05) is 0 Å². The Balaban J connectivity index is 1.55. The van der Waals surface area contributed by atoms with E-state index in [4.69, 9.17) is 0 Å². The van der Waals surface area contributed by atoms with Gasteiger partial charge in [0, 0.05) is 51.3 Å². The van der Waals surface area contributed by atoms with Gasteiger partial charge in [0.2, 0.25) is 0 Å². The Bertz CT molecular complexity index is 573. The zero-order chi connectivity index (χ0) is 16.2. The fourth-order valence-corrected chi connectivity index (χ4v) is 3.91. The van der Waals surface area contributed by atoms with E-state index in [0.29, 0.717) is 0 Å². The second-order valence-electron chi connectivity index (χ2n) is 7.45. The van der Waals surface area contributed by atoms with E-state index in [9.17, 15) is 4.79 Å². The average Bonchev–Trinajstić information content (AvgIpc) is 2.55. The number of aromatic amines is 1. The van der Waals surface area contributed by atoms with E-state index in [2.05, 4.69) is 33.8 Å². The minimum absolute atomic E-state index is 0.0331. The zero-order valence-electron chi connectivity index (χ0n) is 14.6. The molecule has 1 aliphatic carbocycles. The van der Waals surface area contributed by atoms with Crippen LogP contribution in [0.15, 0.2) is 4.79 Å². The molecular weight excluding hydrogens is 288 g/mol. The molecule has 1 aromatic heterocycles. The Hall–Kier alpha value is -1.20. The normalized spacial score (nSPS) is 20.0. The van der Waals surface area contributed by atoms with Crippen LogP contribution in [0.5, 0.6) is 0 Å². The lowest BCUT2D eigenvalue weighted by Crippen LogP contribution is -2.47. The molecule has 5 heteroatoms. The van der Waals surface area contributed by atoms with Gasteiger partial charge < -0.3 is 9.80 Å². The molecule has 0 amide bonds. The summed E-state index contributed by atoms with van der Waals surface area (Å²) in [4.78, 5) is 17.0. The quantitative estimate of drug-likeness (QED) is 0.893. The van der Waals surface area contributed by atoms with E-state index in [1.165, 1.54) is 31.6 Å². The largest absolute Gasteiger partial charge is 0.301 e. The highest BCUT2D eigenvalue weighted by Crippen LogP contribution is 2.20. The van der Waals surface area contributed by atoms with Gasteiger partial charge in [-0.3, -0.25) is 4.79 Å². The van der Waals surface area contributed by atoms with Crippen LogP contribution in [-0.2, 0) is 19.3 Å². The Morgan fingerprint density at radius 1 is 1.04 bits per heavy atom. The van der Waals surface area contributed by atoms with Crippen LogP contribution in [0.25, 0.3) is 0 Å². The van der Waals surface area contributed by atoms with Crippen LogP contribution in [0.3, 0.4) is 0 Å². The van der Waals surface area contributed by atoms with Crippen LogP contribution in [0.4, 0.5) is 0 Å². The second kappa shape index (κ2) is 7.58. The van der Waals surface area contributed by atoms with E-state index >= 15 is 0 Å². The number of nitrogens with one attached hydrogen (secondary N) is 1. The van der Waals surface area contributed by atoms with Gasteiger partial charge in [0.1, 0.15) is 0 Å². The van der Waals surface area contributed by atoms with Crippen LogP contribution in [0, 0.1) is 5.92 Å². The SMILES string of the molecule is CC(C)CN1CCN(CCc2n[nH]c(=O)c3c2CCCC3)CC1. The second-order valence-corrected chi connectivity index (χ2v) is 7.45. The van der Waals surface area contributed by atoms with Crippen molar-refractivity contribution in [3.05, 3.63) is 27.2 Å². The maximum absolute atomic E-state index is 11.9. The summed E-state index contributed by atoms with van der Waals surface area (Å²) in [5, 5.41) is 7.07. The lowest BCUT2D eigenvalue weighted by Gasteiger charge is -2.35. The van der Waals surface area contributed by atoms with Gasteiger partial charge in [-0.1, -0.05) is 13.8 Å². The monoisotopic (exact) mass is 318 g/mol. The molecule has 23 heavy (non-hydrogen) atoms. The Kier molecular flexibility index (Phi) is 5.49. The first kappa shape index (κ1) is 16.7. The van der Waals surface area contributed by atoms with Crippen molar-refractivity contribution >= 4 is 0 Å². The smallest absolute Gasteiger partial charge is 0.267 e. The minimum atomic E-state index is 0.0331. The molecule has 2 aliphatic rings. The molecule has 1 fully saturated rings. The number of fused-ring (bicyclic) bond motifs is 1. The molecule has 1 aromatic rings. The third kappa shape index (κ3) is 4.21. The van der Waals surface area contributed by atoms with Gasteiger partial charge in [-0.25, -0.2) is 5.10 Å². The summed E-state index contributed by atoms with van der Waals surface area (Å²) in [5.41, 5.74) is 3.41. The zero-order valence-corrected chi connectivity index (χ0v) is 14.6. The van der Waals surface area contributed by atoms with E-state index in [1.54, 1.807) is 0 Å². The Labute approximate surface area is 139 Å². The number of aromatic nitrogens is 2.